The van der Waals surface area contributed by atoms with Gasteiger partial charge in [-0.2, -0.15) is 5.10 Å². The number of nitrogens with zero attached hydrogens (tertiary/aromatic N) is 4. The van der Waals surface area contributed by atoms with Crippen LogP contribution in [0.25, 0.3) is 0 Å². The van der Waals surface area contributed by atoms with E-state index in [1.165, 1.54) is 0 Å². The van der Waals surface area contributed by atoms with Crippen molar-refractivity contribution in [3.63, 3.8) is 0 Å². The number of carbonyl (C=O) groups is 2. The lowest BCUT2D eigenvalue weighted by Crippen LogP contribution is -2.45. The Bertz CT molecular complexity index is 845. The highest BCUT2D eigenvalue weighted by Crippen LogP contribution is 2.47. The lowest BCUT2D eigenvalue weighted by atomic mass is 9.81. The Labute approximate surface area is 146 Å². The Kier molecular flexibility index (Phi) is 3.61. The summed E-state index contributed by atoms with van der Waals surface area (Å²) >= 11 is 0. The second-order valence-corrected chi connectivity index (χ2v) is 6.94. The van der Waals surface area contributed by atoms with E-state index in [1.807, 2.05) is 43.7 Å². The summed E-state index contributed by atoms with van der Waals surface area (Å²) in [6, 6.07) is 7.74. The van der Waals surface area contributed by atoms with Gasteiger partial charge < -0.3 is 10.6 Å². The van der Waals surface area contributed by atoms with Gasteiger partial charge in [-0.25, -0.2) is 0 Å². The van der Waals surface area contributed by atoms with E-state index in [1.54, 1.807) is 9.58 Å². The smallest absolute Gasteiger partial charge is 0.239 e. The molecule has 1 saturated heterocycles. The lowest BCUT2D eigenvalue weighted by Gasteiger charge is -2.24. The minimum absolute atomic E-state index is 0.0128. The van der Waals surface area contributed by atoms with Gasteiger partial charge in [0.25, 0.3) is 0 Å². The monoisotopic (exact) mass is 339 g/mol. The number of carbonyl (C=O) groups excluding carboxylic acids is 2. The fraction of sp³-hybridized carbons (Fsp3) is 0.389. The number of rotatable bonds is 4. The van der Waals surface area contributed by atoms with Crippen LogP contribution < -0.4 is 10.6 Å². The number of primary amides is 1. The molecular weight excluding hydrogens is 318 g/mol. The Morgan fingerprint density at radius 1 is 1.36 bits per heavy atom. The molecule has 1 spiro atoms. The van der Waals surface area contributed by atoms with Crippen molar-refractivity contribution in [3.8, 4) is 0 Å². The summed E-state index contributed by atoms with van der Waals surface area (Å²) < 4.78 is 1.78. The molecule has 0 saturated carbocycles. The summed E-state index contributed by atoms with van der Waals surface area (Å²) in [5.41, 5.74) is 7.74. The number of benzene rings is 1. The molecule has 7 nitrogen and oxygen atoms in total. The average molecular weight is 339 g/mol. The van der Waals surface area contributed by atoms with Crippen molar-refractivity contribution < 1.29 is 9.59 Å². The number of aryl methyl sites for hydroxylation is 1. The first kappa shape index (κ1) is 15.8. The third-order valence-corrected chi connectivity index (χ3v) is 5.19. The van der Waals surface area contributed by atoms with Gasteiger partial charge in [-0.05, 0) is 24.6 Å². The molecule has 0 aliphatic carbocycles. The zero-order valence-electron chi connectivity index (χ0n) is 14.2. The van der Waals surface area contributed by atoms with E-state index in [4.69, 9.17) is 5.73 Å². The van der Waals surface area contributed by atoms with E-state index in [2.05, 4.69) is 10.00 Å². The highest BCUT2D eigenvalue weighted by atomic mass is 16.2. The standard InChI is InChI=1S/C18H21N5O2/c1-21-9-13(8-20-21)10-22-7-6-18(12-22)14-4-2-3-5-15(14)23(17(18)25)11-16(19)24/h2-5,8-9H,6-7,10-12H2,1H3,(H2,19,24). The van der Waals surface area contributed by atoms with E-state index < -0.39 is 11.3 Å². The largest absolute Gasteiger partial charge is 0.368 e. The molecule has 0 bridgehead atoms. The van der Waals surface area contributed by atoms with Gasteiger partial charge in [-0.15, -0.1) is 0 Å². The molecule has 3 heterocycles. The maximum absolute atomic E-state index is 13.2. The molecular formula is C18H21N5O2. The first-order chi connectivity index (χ1) is 12.0. The summed E-state index contributed by atoms with van der Waals surface area (Å²) in [6.45, 7) is 2.17. The van der Waals surface area contributed by atoms with Crippen molar-refractivity contribution in [1.82, 2.24) is 14.7 Å². The van der Waals surface area contributed by atoms with Gasteiger partial charge in [0.15, 0.2) is 0 Å². The quantitative estimate of drug-likeness (QED) is 0.874. The molecule has 1 fully saturated rings. The molecule has 4 rings (SSSR count). The van der Waals surface area contributed by atoms with Gasteiger partial charge in [0.2, 0.25) is 11.8 Å². The van der Waals surface area contributed by atoms with E-state index in [0.29, 0.717) is 6.54 Å². The second kappa shape index (κ2) is 5.70. The minimum Gasteiger partial charge on any atom is -0.368 e. The number of para-hydroxylation sites is 1. The molecule has 0 radical (unpaired) electrons. The second-order valence-electron chi connectivity index (χ2n) is 6.94. The summed E-state index contributed by atoms with van der Waals surface area (Å²) in [4.78, 5) is 28.5. The van der Waals surface area contributed by atoms with Crippen LogP contribution in [0.1, 0.15) is 17.5 Å². The summed E-state index contributed by atoms with van der Waals surface area (Å²) in [7, 11) is 1.90. The lowest BCUT2D eigenvalue weighted by molar-refractivity contribution is -0.125. The van der Waals surface area contributed by atoms with Crippen LogP contribution in [0.2, 0.25) is 0 Å². The van der Waals surface area contributed by atoms with Crippen molar-refractivity contribution >= 4 is 17.5 Å². The van der Waals surface area contributed by atoms with Gasteiger partial charge in [0.05, 0.1) is 11.6 Å². The number of anilines is 1. The Morgan fingerprint density at radius 2 is 2.16 bits per heavy atom. The highest BCUT2D eigenvalue weighted by molar-refractivity contribution is 6.11. The number of likely N-dealkylation sites (tertiary alicyclic amines) is 1. The van der Waals surface area contributed by atoms with Crippen molar-refractivity contribution in [1.29, 1.82) is 0 Å². The summed E-state index contributed by atoms with van der Waals surface area (Å²) in [6.07, 6.45) is 4.60. The number of fused-ring (bicyclic) bond motifs is 2. The topological polar surface area (TPSA) is 84.5 Å². The van der Waals surface area contributed by atoms with E-state index in [0.717, 1.165) is 36.3 Å². The number of hydrogen-bond acceptors (Lipinski definition) is 4. The summed E-state index contributed by atoms with van der Waals surface area (Å²) in [5.74, 6) is -0.508. The van der Waals surface area contributed by atoms with Crippen LogP contribution in [0.5, 0.6) is 0 Å². The molecule has 2 aliphatic rings. The molecule has 1 aromatic carbocycles. The van der Waals surface area contributed by atoms with Gasteiger partial charge >= 0.3 is 0 Å². The normalized spacial score (nSPS) is 22.8. The molecule has 2 aromatic rings. The van der Waals surface area contributed by atoms with Gasteiger partial charge in [-0.1, -0.05) is 18.2 Å². The number of nitrogens with two attached hydrogens (primary N) is 1. The van der Waals surface area contributed by atoms with Crippen LogP contribution in [0.15, 0.2) is 36.7 Å². The minimum atomic E-state index is -0.575. The zero-order valence-corrected chi connectivity index (χ0v) is 14.2. The Hall–Kier alpha value is -2.67. The fourth-order valence-electron chi connectivity index (χ4n) is 4.14. The van der Waals surface area contributed by atoms with Crippen LogP contribution in [0.3, 0.4) is 0 Å². The maximum Gasteiger partial charge on any atom is 0.239 e. The van der Waals surface area contributed by atoms with Crippen LogP contribution in [0.4, 0.5) is 5.69 Å². The molecule has 130 valence electrons. The van der Waals surface area contributed by atoms with Crippen LogP contribution in [-0.2, 0) is 28.6 Å². The van der Waals surface area contributed by atoms with Crippen molar-refractivity contribution in [2.45, 2.75) is 18.4 Å². The van der Waals surface area contributed by atoms with E-state index in [-0.39, 0.29) is 12.5 Å². The molecule has 2 amide bonds. The van der Waals surface area contributed by atoms with Crippen molar-refractivity contribution in [2.24, 2.45) is 12.8 Å². The Balaban J connectivity index is 1.63. The van der Waals surface area contributed by atoms with Crippen LogP contribution in [0, 0.1) is 0 Å². The van der Waals surface area contributed by atoms with Crippen LogP contribution in [-0.4, -0.2) is 46.1 Å². The highest BCUT2D eigenvalue weighted by Gasteiger charge is 2.54. The summed E-state index contributed by atoms with van der Waals surface area (Å²) in [5, 5.41) is 4.21. The SMILES string of the molecule is Cn1cc(CN2CCC3(C2)C(=O)N(CC(N)=O)c2ccccc23)cn1. The predicted molar refractivity (Wildman–Crippen MR) is 92.8 cm³/mol. The first-order valence-corrected chi connectivity index (χ1v) is 8.39. The van der Waals surface area contributed by atoms with Gasteiger partial charge in [0.1, 0.15) is 6.54 Å². The Morgan fingerprint density at radius 3 is 2.88 bits per heavy atom. The average Bonchev–Trinajstić information content (AvgIpc) is 3.24. The number of aromatic nitrogens is 2. The van der Waals surface area contributed by atoms with E-state index >= 15 is 0 Å². The molecule has 2 aliphatic heterocycles. The fourth-order valence-corrected chi connectivity index (χ4v) is 4.14. The third kappa shape index (κ3) is 2.51. The zero-order chi connectivity index (χ0) is 17.6. The van der Waals surface area contributed by atoms with Crippen molar-refractivity contribution in [3.05, 3.63) is 47.8 Å². The van der Waals surface area contributed by atoms with Gasteiger partial charge in [-0.3, -0.25) is 19.2 Å². The molecule has 25 heavy (non-hydrogen) atoms. The molecule has 7 heteroatoms. The third-order valence-electron chi connectivity index (χ3n) is 5.19. The molecule has 1 aromatic heterocycles. The maximum atomic E-state index is 13.2. The molecule has 1 atom stereocenters. The molecule has 2 N–H and O–H groups in total. The molecule has 1 unspecified atom stereocenters. The van der Waals surface area contributed by atoms with Gasteiger partial charge in [0, 0.05) is 37.6 Å². The van der Waals surface area contributed by atoms with Crippen molar-refractivity contribution in [2.75, 3.05) is 24.5 Å². The number of amides is 2. The predicted octanol–water partition coefficient (Wildman–Crippen LogP) is 0.396. The number of hydrogen-bond donors (Lipinski definition) is 1. The van der Waals surface area contributed by atoms with Crippen LogP contribution >= 0.6 is 0 Å². The van der Waals surface area contributed by atoms with E-state index in [9.17, 15) is 9.59 Å². The first-order valence-electron chi connectivity index (χ1n) is 8.39.